The van der Waals surface area contributed by atoms with Crippen LogP contribution in [0, 0.1) is 0 Å². The van der Waals surface area contributed by atoms with Gasteiger partial charge in [0.15, 0.2) is 28.1 Å². The Kier molecular flexibility index (Phi) is 6.24. The van der Waals surface area contributed by atoms with E-state index < -0.39 is 23.5 Å². The number of hydrogen-bond donors (Lipinski definition) is 1. The van der Waals surface area contributed by atoms with E-state index in [9.17, 15) is 14.7 Å². The number of rotatable bonds is 8. The van der Waals surface area contributed by atoms with Gasteiger partial charge in [-0.3, -0.25) is 14.5 Å². The second-order valence-electron chi connectivity index (χ2n) is 8.14. The number of hydrogen-bond acceptors (Lipinski definition) is 8. The third-order valence-corrected chi connectivity index (χ3v) is 7.07. The Bertz CT molecular complexity index is 1490. The van der Waals surface area contributed by atoms with E-state index >= 15 is 0 Å². The molecule has 2 aromatic carbocycles. The Hall–Kier alpha value is -4.11. The van der Waals surface area contributed by atoms with Crippen molar-refractivity contribution in [2.24, 2.45) is 0 Å². The van der Waals surface area contributed by atoms with Crippen LogP contribution >= 0.6 is 11.3 Å². The summed E-state index contributed by atoms with van der Waals surface area (Å²) in [4.78, 5) is 32.9. The first-order valence-corrected chi connectivity index (χ1v) is 12.3. The summed E-state index contributed by atoms with van der Waals surface area (Å²) in [7, 11) is 1.51. The molecule has 1 aliphatic rings. The summed E-state index contributed by atoms with van der Waals surface area (Å²) in [6.45, 7) is 4.37. The number of thiazole rings is 1. The lowest BCUT2D eigenvalue weighted by Gasteiger charge is -2.25. The highest BCUT2D eigenvalue weighted by atomic mass is 32.1. The average Bonchev–Trinajstić information content (AvgIpc) is 3.62. The van der Waals surface area contributed by atoms with Crippen molar-refractivity contribution in [3.05, 3.63) is 83.0 Å². The molecule has 3 heterocycles. The fourth-order valence-electron chi connectivity index (χ4n) is 4.30. The van der Waals surface area contributed by atoms with E-state index in [1.807, 2.05) is 25.1 Å². The fraction of sp³-hybridized carbons (Fsp3) is 0.222. The highest BCUT2D eigenvalue weighted by molar-refractivity contribution is 7.22. The van der Waals surface area contributed by atoms with Crippen LogP contribution in [0.25, 0.3) is 10.2 Å². The normalized spacial score (nSPS) is 15.7. The Balaban J connectivity index is 1.68. The quantitative estimate of drug-likeness (QED) is 0.310. The first-order chi connectivity index (χ1) is 17.5. The summed E-state index contributed by atoms with van der Waals surface area (Å²) in [6, 6.07) is 13.2. The first-order valence-electron chi connectivity index (χ1n) is 11.5. The molecule has 0 fully saturated rings. The number of benzene rings is 2. The molecule has 184 valence electrons. The van der Waals surface area contributed by atoms with Crippen LogP contribution < -0.4 is 14.4 Å². The molecule has 4 aromatic rings. The van der Waals surface area contributed by atoms with Gasteiger partial charge in [-0.1, -0.05) is 30.4 Å². The molecule has 1 atom stereocenters. The highest BCUT2D eigenvalue weighted by Gasteiger charge is 2.46. The largest absolute Gasteiger partial charge is 0.503 e. The number of aliphatic hydroxyl groups excluding tert-OH is 1. The number of Topliss-reactive ketones (excluding diaryl/α,β-unsaturated/α-hetero) is 1. The molecule has 0 saturated carbocycles. The van der Waals surface area contributed by atoms with Crippen molar-refractivity contribution in [2.75, 3.05) is 18.6 Å². The molecular formula is C27H24N2O6S. The second kappa shape index (κ2) is 9.50. The molecule has 0 unspecified atom stereocenters. The number of ether oxygens (including phenoxy) is 2. The van der Waals surface area contributed by atoms with Gasteiger partial charge in [-0.15, -0.1) is 0 Å². The minimum absolute atomic E-state index is 0.0194. The predicted molar refractivity (Wildman–Crippen MR) is 136 cm³/mol. The Morgan fingerprint density at radius 1 is 1.17 bits per heavy atom. The molecule has 0 bridgehead atoms. The number of carbonyl (C=O) groups excluding carboxylic acids is 2. The number of aromatic nitrogens is 1. The lowest BCUT2D eigenvalue weighted by atomic mass is 9.95. The maximum absolute atomic E-state index is 13.4. The molecule has 0 aliphatic carbocycles. The van der Waals surface area contributed by atoms with E-state index in [0.29, 0.717) is 28.8 Å². The number of anilines is 1. The first kappa shape index (κ1) is 23.6. The van der Waals surface area contributed by atoms with Crippen LogP contribution in [0.15, 0.2) is 70.5 Å². The van der Waals surface area contributed by atoms with Crippen molar-refractivity contribution < 1.29 is 28.6 Å². The minimum Gasteiger partial charge on any atom is -0.503 e. The number of methoxy groups -OCH3 is 1. The molecule has 1 amide bonds. The van der Waals surface area contributed by atoms with Crippen molar-refractivity contribution >= 4 is 38.4 Å². The van der Waals surface area contributed by atoms with Crippen LogP contribution in [0.4, 0.5) is 5.13 Å². The standard InChI is InChI=1S/C27H24N2O6S/c1-4-15-8-10-17-21(13-15)36-27(28-17)29-23(16-9-11-18(34-5-2)20(14-16)33-3)22(25(31)26(29)32)24(30)19-7-6-12-35-19/h6-14,23,31H,4-5H2,1-3H3/t23-/m1/s1. The summed E-state index contributed by atoms with van der Waals surface area (Å²) < 4.78 is 17.4. The van der Waals surface area contributed by atoms with Crippen LogP contribution in [-0.2, 0) is 11.2 Å². The van der Waals surface area contributed by atoms with Crippen LogP contribution in [0.2, 0.25) is 0 Å². The zero-order valence-corrected chi connectivity index (χ0v) is 20.8. The molecule has 8 nitrogen and oxygen atoms in total. The van der Waals surface area contributed by atoms with E-state index in [-0.39, 0.29) is 11.3 Å². The van der Waals surface area contributed by atoms with Crippen molar-refractivity contribution in [2.45, 2.75) is 26.3 Å². The molecule has 0 radical (unpaired) electrons. The van der Waals surface area contributed by atoms with Crippen LogP contribution in [0.1, 0.15) is 41.6 Å². The molecule has 9 heteroatoms. The van der Waals surface area contributed by atoms with Gasteiger partial charge in [0.25, 0.3) is 5.91 Å². The molecule has 36 heavy (non-hydrogen) atoms. The summed E-state index contributed by atoms with van der Waals surface area (Å²) in [6.07, 6.45) is 2.23. The van der Waals surface area contributed by atoms with Gasteiger partial charge in [-0.25, -0.2) is 4.98 Å². The van der Waals surface area contributed by atoms with Gasteiger partial charge in [0, 0.05) is 0 Å². The van der Waals surface area contributed by atoms with E-state index in [4.69, 9.17) is 13.9 Å². The SMILES string of the molecule is CCOc1ccc([C@@H]2C(C(=O)c3ccco3)=C(O)C(=O)N2c2nc3ccc(CC)cc3s2)cc1OC. The third kappa shape index (κ3) is 3.91. The molecule has 2 aromatic heterocycles. The van der Waals surface area contributed by atoms with Gasteiger partial charge in [0.05, 0.1) is 41.8 Å². The van der Waals surface area contributed by atoms with E-state index in [2.05, 4.69) is 11.9 Å². The van der Waals surface area contributed by atoms with Crippen LogP contribution in [0.3, 0.4) is 0 Å². The van der Waals surface area contributed by atoms with Crippen molar-refractivity contribution in [3.8, 4) is 11.5 Å². The van der Waals surface area contributed by atoms with Crippen molar-refractivity contribution in [1.82, 2.24) is 4.98 Å². The maximum Gasteiger partial charge on any atom is 0.296 e. The summed E-state index contributed by atoms with van der Waals surface area (Å²) in [5, 5.41) is 11.3. The lowest BCUT2D eigenvalue weighted by Crippen LogP contribution is -2.31. The summed E-state index contributed by atoms with van der Waals surface area (Å²) in [5.41, 5.74) is 2.34. The van der Waals surface area contributed by atoms with Crippen molar-refractivity contribution in [1.29, 1.82) is 0 Å². The zero-order chi connectivity index (χ0) is 25.4. The van der Waals surface area contributed by atoms with Gasteiger partial charge >= 0.3 is 0 Å². The smallest absolute Gasteiger partial charge is 0.296 e. The summed E-state index contributed by atoms with van der Waals surface area (Å²) in [5.74, 6) is -0.944. The second-order valence-corrected chi connectivity index (χ2v) is 9.15. The van der Waals surface area contributed by atoms with E-state index in [1.54, 1.807) is 24.3 Å². The lowest BCUT2D eigenvalue weighted by molar-refractivity contribution is -0.117. The monoisotopic (exact) mass is 504 g/mol. The number of nitrogens with zero attached hydrogens (tertiary/aromatic N) is 2. The Morgan fingerprint density at radius 3 is 2.69 bits per heavy atom. The van der Waals surface area contributed by atoms with E-state index in [0.717, 1.165) is 22.2 Å². The molecule has 5 rings (SSSR count). The number of aliphatic hydroxyl groups is 1. The predicted octanol–water partition coefficient (Wildman–Crippen LogP) is 5.64. The molecule has 1 N–H and O–H groups in total. The zero-order valence-electron chi connectivity index (χ0n) is 20.0. The third-order valence-electron chi connectivity index (χ3n) is 6.06. The van der Waals surface area contributed by atoms with E-state index in [1.165, 1.54) is 35.7 Å². The molecular weight excluding hydrogens is 480 g/mol. The van der Waals surface area contributed by atoms with Gasteiger partial charge in [-0.05, 0) is 60.9 Å². The van der Waals surface area contributed by atoms with Gasteiger partial charge < -0.3 is 19.0 Å². The number of furan rings is 1. The number of ketones is 1. The Labute approximate surface area is 211 Å². The van der Waals surface area contributed by atoms with Gasteiger partial charge in [-0.2, -0.15) is 0 Å². The average molecular weight is 505 g/mol. The number of amides is 1. The van der Waals surface area contributed by atoms with Crippen molar-refractivity contribution in [3.63, 3.8) is 0 Å². The van der Waals surface area contributed by atoms with Gasteiger partial charge in [0.2, 0.25) is 5.78 Å². The summed E-state index contributed by atoms with van der Waals surface area (Å²) >= 11 is 1.33. The fourth-order valence-corrected chi connectivity index (χ4v) is 5.36. The highest BCUT2D eigenvalue weighted by Crippen LogP contribution is 2.45. The molecule has 0 saturated heterocycles. The number of aryl methyl sites for hydroxylation is 1. The minimum atomic E-state index is -0.953. The van der Waals surface area contributed by atoms with Crippen LogP contribution in [0.5, 0.6) is 11.5 Å². The topological polar surface area (TPSA) is 102 Å². The molecule has 0 spiro atoms. The number of carbonyl (C=O) groups is 2. The Morgan fingerprint density at radius 2 is 2.00 bits per heavy atom. The van der Waals surface area contributed by atoms with Crippen LogP contribution in [-0.4, -0.2) is 35.5 Å². The van der Waals surface area contributed by atoms with Gasteiger partial charge in [0.1, 0.15) is 0 Å². The number of fused-ring (bicyclic) bond motifs is 1. The molecule has 1 aliphatic heterocycles. The maximum atomic E-state index is 13.4.